The molecule has 0 aliphatic carbocycles. The van der Waals surface area contributed by atoms with Crippen molar-refractivity contribution in [3.8, 4) is 11.5 Å². The lowest BCUT2D eigenvalue weighted by Crippen LogP contribution is -2.48. The van der Waals surface area contributed by atoms with Crippen LogP contribution in [0.4, 0.5) is 0 Å². The zero-order valence-corrected chi connectivity index (χ0v) is 20.8. The molecule has 0 saturated carbocycles. The Balaban J connectivity index is 1.52. The lowest BCUT2D eigenvalue weighted by atomic mass is 10.0. The maximum absolute atomic E-state index is 13.6. The molecule has 1 aliphatic rings. The summed E-state index contributed by atoms with van der Waals surface area (Å²) in [5.74, 6) is 1.10. The smallest absolute Gasteiger partial charge is 0.254 e. The summed E-state index contributed by atoms with van der Waals surface area (Å²) in [6, 6.07) is 18.3. The molecule has 4 rings (SSSR count). The van der Waals surface area contributed by atoms with E-state index in [1.165, 1.54) is 4.88 Å². The van der Waals surface area contributed by atoms with Gasteiger partial charge < -0.3 is 24.0 Å². The Hall–Kier alpha value is -3.36. The van der Waals surface area contributed by atoms with Gasteiger partial charge in [-0.1, -0.05) is 24.3 Å². The molecule has 184 valence electrons. The summed E-state index contributed by atoms with van der Waals surface area (Å²) in [5.41, 5.74) is 1.66. The first-order valence-electron chi connectivity index (χ1n) is 11.6. The molecule has 1 aliphatic heterocycles. The zero-order chi connectivity index (χ0) is 24.6. The average molecular weight is 495 g/mol. The van der Waals surface area contributed by atoms with Crippen LogP contribution in [0.1, 0.15) is 26.8 Å². The van der Waals surface area contributed by atoms with Gasteiger partial charge in [0.15, 0.2) is 0 Å². The number of thiophene rings is 1. The Morgan fingerprint density at radius 1 is 1.06 bits per heavy atom. The van der Waals surface area contributed by atoms with Crippen LogP contribution in [0, 0.1) is 0 Å². The molecule has 1 atom stereocenters. The van der Waals surface area contributed by atoms with E-state index in [-0.39, 0.29) is 24.4 Å². The van der Waals surface area contributed by atoms with Crippen molar-refractivity contribution in [2.45, 2.75) is 12.5 Å². The van der Waals surface area contributed by atoms with Gasteiger partial charge in [0.2, 0.25) is 5.91 Å². The Kier molecular flexibility index (Phi) is 8.39. The number of amides is 2. The number of methoxy groups -OCH3 is 2. The summed E-state index contributed by atoms with van der Waals surface area (Å²) in [7, 11) is 3.20. The van der Waals surface area contributed by atoms with Crippen LogP contribution < -0.4 is 9.47 Å². The third kappa shape index (κ3) is 6.01. The Morgan fingerprint density at radius 3 is 2.63 bits per heavy atom. The van der Waals surface area contributed by atoms with Crippen LogP contribution in [0.25, 0.3) is 0 Å². The molecule has 2 amide bonds. The molecule has 0 bridgehead atoms. The molecule has 7 nitrogen and oxygen atoms in total. The second-order valence-corrected chi connectivity index (χ2v) is 9.23. The zero-order valence-electron chi connectivity index (χ0n) is 20.0. The highest BCUT2D eigenvalue weighted by atomic mass is 32.1. The van der Waals surface area contributed by atoms with Gasteiger partial charge in [-0.25, -0.2) is 0 Å². The first-order valence-corrected chi connectivity index (χ1v) is 12.4. The minimum absolute atomic E-state index is 0.0216. The van der Waals surface area contributed by atoms with Crippen LogP contribution in [0.5, 0.6) is 11.5 Å². The largest absolute Gasteiger partial charge is 0.497 e. The first kappa shape index (κ1) is 24.8. The summed E-state index contributed by atoms with van der Waals surface area (Å²) in [4.78, 5) is 31.4. The number of carbonyl (C=O) groups is 2. The van der Waals surface area contributed by atoms with E-state index in [1.807, 2.05) is 47.4 Å². The minimum atomic E-state index is -0.236. The highest BCUT2D eigenvalue weighted by molar-refractivity contribution is 7.10. The molecule has 35 heavy (non-hydrogen) atoms. The molecule has 0 fully saturated rings. The van der Waals surface area contributed by atoms with Gasteiger partial charge in [0.05, 0.1) is 19.8 Å². The summed E-state index contributed by atoms with van der Waals surface area (Å²) in [5, 5.41) is 2.06. The number of hydrogen-bond donors (Lipinski definition) is 0. The van der Waals surface area contributed by atoms with Gasteiger partial charge in [-0.15, -0.1) is 11.3 Å². The third-order valence-corrected chi connectivity index (χ3v) is 7.06. The number of hydrogen-bond acceptors (Lipinski definition) is 6. The fraction of sp³-hybridized carbons (Fsp3) is 0.333. The quantitative estimate of drug-likeness (QED) is 0.425. The first-order chi connectivity index (χ1) is 17.1. The minimum Gasteiger partial charge on any atom is -0.497 e. The van der Waals surface area contributed by atoms with Gasteiger partial charge in [-0.2, -0.15) is 0 Å². The van der Waals surface area contributed by atoms with Crippen LogP contribution in [0.3, 0.4) is 0 Å². The van der Waals surface area contributed by atoms with Crippen molar-refractivity contribution < 1.29 is 23.8 Å². The van der Waals surface area contributed by atoms with Gasteiger partial charge in [-0.3, -0.25) is 9.59 Å². The van der Waals surface area contributed by atoms with Crippen molar-refractivity contribution in [2.24, 2.45) is 0 Å². The van der Waals surface area contributed by atoms with Crippen molar-refractivity contribution in [3.63, 3.8) is 0 Å². The highest BCUT2D eigenvalue weighted by Gasteiger charge is 2.33. The standard InChI is InChI=1S/C27H30N2O5S/c1-32-15-14-28(27(31)20-7-4-3-5-8-20)18-26(30)29-13-11-25-23(12-16-35-25)24(29)19-34-22-10-6-9-21(17-22)33-2/h3-10,12,16-17,24H,11,13-15,18-19H2,1-2H3/t24-/m0/s1. The summed E-state index contributed by atoms with van der Waals surface area (Å²) < 4.78 is 16.6. The molecule has 0 unspecified atom stereocenters. The number of ether oxygens (including phenoxy) is 3. The normalized spacial score (nSPS) is 14.8. The Labute approximate surface area is 209 Å². The van der Waals surface area contributed by atoms with Gasteiger partial charge in [0, 0.05) is 36.7 Å². The maximum atomic E-state index is 13.6. The Morgan fingerprint density at radius 2 is 1.86 bits per heavy atom. The lowest BCUT2D eigenvalue weighted by Gasteiger charge is -2.37. The van der Waals surface area contributed by atoms with Crippen molar-refractivity contribution in [3.05, 3.63) is 82.0 Å². The average Bonchev–Trinajstić information content (AvgIpc) is 3.39. The topological polar surface area (TPSA) is 68.3 Å². The van der Waals surface area contributed by atoms with E-state index in [4.69, 9.17) is 14.2 Å². The number of rotatable bonds is 10. The maximum Gasteiger partial charge on any atom is 0.254 e. The predicted molar refractivity (Wildman–Crippen MR) is 135 cm³/mol. The molecular formula is C27H30N2O5S. The molecule has 3 aromatic rings. The van der Waals surface area contributed by atoms with Gasteiger partial charge in [-0.05, 0) is 47.7 Å². The van der Waals surface area contributed by atoms with Crippen LogP contribution in [-0.4, -0.2) is 68.7 Å². The molecule has 8 heteroatoms. The Bertz CT molecular complexity index is 1130. The van der Waals surface area contributed by atoms with Crippen LogP contribution in [-0.2, 0) is 16.0 Å². The van der Waals surface area contributed by atoms with Crippen molar-refractivity contribution in [2.75, 3.05) is 47.1 Å². The fourth-order valence-corrected chi connectivity index (χ4v) is 5.14. The van der Waals surface area contributed by atoms with Crippen LogP contribution >= 0.6 is 11.3 Å². The second-order valence-electron chi connectivity index (χ2n) is 8.23. The number of fused-ring (bicyclic) bond motifs is 1. The summed E-state index contributed by atoms with van der Waals surface area (Å²) in [6.45, 7) is 1.55. The number of nitrogens with zero attached hydrogens (tertiary/aromatic N) is 2. The SMILES string of the molecule is COCCN(CC(=O)N1CCc2sccc2[C@@H]1COc1cccc(OC)c1)C(=O)c1ccccc1. The number of benzene rings is 2. The highest BCUT2D eigenvalue weighted by Crippen LogP contribution is 2.34. The monoisotopic (exact) mass is 494 g/mol. The molecule has 2 aromatic carbocycles. The van der Waals surface area contributed by atoms with E-state index in [9.17, 15) is 9.59 Å². The molecular weight excluding hydrogens is 464 g/mol. The molecule has 0 radical (unpaired) electrons. The molecule has 0 saturated heterocycles. The van der Waals surface area contributed by atoms with Crippen molar-refractivity contribution in [1.29, 1.82) is 0 Å². The van der Waals surface area contributed by atoms with E-state index >= 15 is 0 Å². The van der Waals surface area contributed by atoms with E-state index in [2.05, 4.69) is 11.4 Å². The molecule has 0 spiro atoms. The van der Waals surface area contributed by atoms with E-state index in [1.54, 1.807) is 42.6 Å². The van der Waals surface area contributed by atoms with Gasteiger partial charge in [0.25, 0.3) is 5.91 Å². The summed E-state index contributed by atoms with van der Waals surface area (Å²) in [6.07, 6.45) is 0.791. The van der Waals surface area contributed by atoms with E-state index in [0.29, 0.717) is 43.4 Å². The van der Waals surface area contributed by atoms with Crippen molar-refractivity contribution in [1.82, 2.24) is 9.80 Å². The van der Waals surface area contributed by atoms with Crippen molar-refractivity contribution >= 4 is 23.2 Å². The van der Waals surface area contributed by atoms with E-state index < -0.39 is 0 Å². The predicted octanol–water partition coefficient (Wildman–Crippen LogP) is 4.05. The second kappa shape index (κ2) is 11.9. The van der Waals surface area contributed by atoms with E-state index in [0.717, 1.165) is 12.0 Å². The van der Waals surface area contributed by atoms with Crippen LogP contribution in [0.2, 0.25) is 0 Å². The van der Waals surface area contributed by atoms with Crippen LogP contribution in [0.15, 0.2) is 66.0 Å². The third-order valence-electron chi connectivity index (χ3n) is 6.06. The molecule has 1 aromatic heterocycles. The molecule has 0 N–H and O–H groups in total. The molecule has 2 heterocycles. The summed E-state index contributed by atoms with van der Waals surface area (Å²) >= 11 is 1.70. The lowest BCUT2D eigenvalue weighted by molar-refractivity contribution is -0.135. The number of carbonyl (C=O) groups excluding carboxylic acids is 2. The van der Waals surface area contributed by atoms with Gasteiger partial charge in [0.1, 0.15) is 24.7 Å². The fourth-order valence-electron chi connectivity index (χ4n) is 4.21. The van der Waals surface area contributed by atoms with Gasteiger partial charge >= 0.3 is 0 Å².